The Bertz CT molecular complexity index is 2150. The van der Waals surface area contributed by atoms with Gasteiger partial charge in [0.05, 0.1) is 0 Å². The highest BCUT2D eigenvalue weighted by Crippen LogP contribution is 2.57. The Balaban J connectivity index is 1.05. The largest absolute Gasteiger partial charge is 0.489 e. The lowest BCUT2D eigenvalue weighted by Crippen LogP contribution is -2.33. The van der Waals surface area contributed by atoms with Gasteiger partial charge in [-0.2, -0.15) is 0 Å². The van der Waals surface area contributed by atoms with E-state index in [0.29, 0.717) is 11.8 Å². The summed E-state index contributed by atoms with van der Waals surface area (Å²) < 4.78 is 7.27. The highest BCUT2D eigenvalue weighted by atomic mass is 16.5. The summed E-state index contributed by atoms with van der Waals surface area (Å²) in [5.74, 6) is 2.07. The molecule has 8 aliphatic rings. The SMILES string of the molecule is [C]1=CCc2ccc3c(c21)C(C1CC=Cc2c1ccc1c2CCC2=C1C=CCC2)C(C1CC=Cc2c1ccc1c2CCC2=C1C=CCC2)O3. The van der Waals surface area contributed by atoms with Crippen LogP contribution >= 0.6 is 0 Å². The maximum Gasteiger partial charge on any atom is 0.124 e. The average Bonchev–Trinajstić information content (AvgIpc) is 3.79. The van der Waals surface area contributed by atoms with Crippen molar-refractivity contribution < 1.29 is 4.74 Å². The van der Waals surface area contributed by atoms with Gasteiger partial charge in [-0.3, -0.25) is 0 Å². The van der Waals surface area contributed by atoms with Gasteiger partial charge in [0.2, 0.25) is 0 Å². The number of fused-ring (bicyclic) bond motifs is 11. The number of benzene rings is 3. The molecule has 3 aromatic rings. The first-order valence-electron chi connectivity index (χ1n) is 18.6. The van der Waals surface area contributed by atoms with Crippen molar-refractivity contribution in [3.05, 3.63) is 157 Å². The Morgan fingerprint density at radius 3 is 1.94 bits per heavy atom. The standard InChI is InChI=1S/C47H41O/c1-3-11-31-28(8-1)18-21-38-34-14-6-16-42(40(34)25-23-36(31)38)46-45-33-13-5-10-30(33)20-27-44(45)48-47(46)43-17-7-15-35-39-22-19-29-9-2-4-12-32(29)37(39)24-26-41(35)43/h3-7,11-12,14-15,20,23-27,42-43,46-47H,1-2,8-10,16-19,21-22H2. The van der Waals surface area contributed by atoms with E-state index in [0.717, 1.165) is 37.9 Å². The highest BCUT2D eigenvalue weighted by molar-refractivity contribution is 5.85. The van der Waals surface area contributed by atoms with Crippen LogP contribution in [0.3, 0.4) is 0 Å². The number of rotatable bonds is 2. The molecule has 4 atom stereocenters. The fourth-order valence-electron chi connectivity index (χ4n) is 10.9. The summed E-state index contributed by atoms with van der Waals surface area (Å²) in [5, 5.41) is 0. The van der Waals surface area contributed by atoms with Crippen LogP contribution in [0, 0.1) is 6.08 Å². The van der Waals surface area contributed by atoms with Gasteiger partial charge in [0.1, 0.15) is 11.9 Å². The molecule has 0 spiro atoms. The number of allylic oxidation sites excluding steroid dienone is 11. The van der Waals surface area contributed by atoms with E-state index in [4.69, 9.17) is 4.74 Å². The van der Waals surface area contributed by atoms with Gasteiger partial charge in [-0.25, -0.2) is 0 Å². The number of ether oxygens (including phenoxy) is 1. The zero-order valence-corrected chi connectivity index (χ0v) is 27.7. The minimum absolute atomic E-state index is 0.0829. The summed E-state index contributed by atoms with van der Waals surface area (Å²) in [6.45, 7) is 0. The van der Waals surface area contributed by atoms with Gasteiger partial charge in [-0.15, -0.1) is 0 Å². The predicted octanol–water partition coefficient (Wildman–Crippen LogP) is 11.3. The van der Waals surface area contributed by atoms with Crippen LogP contribution in [-0.4, -0.2) is 6.10 Å². The maximum atomic E-state index is 7.27. The summed E-state index contributed by atoms with van der Waals surface area (Å²) in [5.41, 5.74) is 22.6. The molecule has 0 amide bonds. The van der Waals surface area contributed by atoms with Gasteiger partial charge in [0.25, 0.3) is 0 Å². The molecule has 1 nitrogen and oxygen atoms in total. The molecule has 1 heteroatoms. The highest BCUT2D eigenvalue weighted by Gasteiger charge is 2.48. The second kappa shape index (κ2) is 10.6. The van der Waals surface area contributed by atoms with Crippen LogP contribution in [0.25, 0.3) is 23.3 Å². The third-order valence-electron chi connectivity index (χ3n) is 13.1. The van der Waals surface area contributed by atoms with Gasteiger partial charge >= 0.3 is 0 Å². The van der Waals surface area contributed by atoms with E-state index in [2.05, 4.69) is 97.2 Å². The Hall–Kier alpha value is -4.36. The summed E-state index contributed by atoms with van der Waals surface area (Å²) in [7, 11) is 0. The molecule has 0 saturated carbocycles. The smallest absolute Gasteiger partial charge is 0.124 e. The quantitative estimate of drug-likeness (QED) is 0.277. The van der Waals surface area contributed by atoms with Crippen molar-refractivity contribution in [1.29, 1.82) is 0 Å². The van der Waals surface area contributed by atoms with Gasteiger partial charge in [0.15, 0.2) is 0 Å². The molecular weight excluding hydrogens is 581 g/mol. The summed E-state index contributed by atoms with van der Waals surface area (Å²) in [6.07, 6.45) is 38.1. The van der Waals surface area contributed by atoms with Crippen molar-refractivity contribution in [2.24, 2.45) is 0 Å². The number of hydrogen-bond acceptors (Lipinski definition) is 1. The Labute approximate surface area is 284 Å². The molecule has 7 aliphatic carbocycles. The monoisotopic (exact) mass is 621 g/mol. The second-order valence-corrected chi connectivity index (χ2v) is 15.3. The van der Waals surface area contributed by atoms with E-state index in [1.54, 1.807) is 22.3 Å². The zero-order chi connectivity index (χ0) is 31.3. The van der Waals surface area contributed by atoms with E-state index < -0.39 is 0 Å². The van der Waals surface area contributed by atoms with Crippen molar-refractivity contribution >= 4 is 23.3 Å². The van der Waals surface area contributed by atoms with Crippen molar-refractivity contribution in [1.82, 2.24) is 0 Å². The summed E-state index contributed by atoms with van der Waals surface area (Å²) in [4.78, 5) is 0. The lowest BCUT2D eigenvalue weighted by Gasteiger charge is -2.38. The van der Waals surface area contributed by atoms with E-state index in [1.807, 2.05) is 0 Å². The lowest BCUT2D eigenvalue weighted by molar-refractivity contribution is 0.159. The molecular formula is C47H41O. The van der Waals surface area contributed by atoms with Gasteiger partial charge < -0.3 is 4.74 Å². The van der Waals surface area contributed by atoms with Gasteiger partial charge in [-0.1, -0.05) is 96.2 Å². The second-order valence-electron chi connectivity index (χ2n) is 15.3. The van der Waals surface area contributed by atoms with Crippen LogP contribution in [0.15, 0.2) is 90.1 Å². The molecule has 1 radical (unpaired) electrons. The molecule has 0 bridgehead atoms. The predicted molar refractivity (Wildman–Crippen MR) is 197 cm³/mol. The summed E-state index contributed by atoms with van der Waals surface area (Å²) in [6, 6.07) is 14.5. The topological polar surface area (TPSA) is 9.23 Å². The first-order valence-corrected chi connectivity index (χ1v) is 18.6. The molecule has 1 aliphatic heterocycles. The molecule has 0 saturated heterocycles. The van der Waals surface area contributed by atoms with E-state index in [1.165, 1.54) is 99.7 Å². The Morgan fingerprint density at radius 2 is 1.25 bits per heavy atom. The minimum atomic E-state index is 0.0829. The fraction of sp³-hybridized carbons (Fsp3) is 0.319. The van der Waals surface area contributed by atoms with Crippen LogP contribution in [0.2, 0.25) is 0 Å². The van der Waals surface area contributed by atoms with Crippen molar-refractivity contribution in [3.8, 4) is 5.75 Å². The Kier molecular flexibility index (Phi) is 6.07. The third kappa shape index (κ3) is 3.91. The van der Waals surface area contributed by atoms with Crippen LogP contribution in [0.4, 0.5) is 0 Å². The van der Waals surface area contributed by atoms with Crippen molar-refractivity contribution in [2.75, 3.05) is 0 Å². The Morgan fingerprint density at radius 1 is 0.604 bits per heavy atom. The lowest BCUT2D eigenvalue weighted by atomic mass is 9.66. The van der Waals surface area contributed by atoms with Gasteiger partial charge in [-0.05, 0) is 155 Å². The molecule has 0 aromatic heterocycles. The van der Waals surface area contributed by atoms with Crippen LogP contribution in [-0.2, 0) is 19.3 Å². The minimum Gasteiger partial charge on any atom is -0.489 e. The molecule has 235 valence electrons. The molecule has 3 aromatic carbocycles. The maximum absolute atomic E-state index is 7.27. The summed E-state index contributed by atoms with van der Waals surface area (Å²) >= 11 is 0. The van der Waals surface area contributed by atoms with E-state index in [-0.39, 0.29) is 12.0 Å². The van der Waals surface area contributed by atoms with Crippen LogP contribution in [0.1, 0.15) is 130 Å². The zero-order valence-electron chi connectivity index (χ0n) is 27.7. The molecule has 0 N–H and O–H groups in total. The third-order valence-corrected chi connectivity index (χ3v) is 13.1. The van der Waals surface area contributed by atoms with Crippen molar-refractivity contribution in [3.63, 3.8) is 0 Å². The normalized spacial score (nSPS) is 26.7. The molecule has 1 heterocycles. The molecule has 4 unspecified atom stereocenters. The van der Waals surface area contributed by atoms with Crippen LogP contribution in [0.5, 0.6) is 5.75 Å². The first kappa shape index (κ1) is 27.6. The molecule has 48 heavy (non-hydrogen) atoms. The molecule has 0 fully saturated rings. The first-order chi connectivity index (χ1) is 23.8. The van der Waals surface area contributed by atoms with E-state index in [9.17, 15) is 0 Å². The van der Waals surface area contributed by atoms with E-state index >= 15 is 0 Å². The van der Waals surface area contributed by atoms with Gasteiger partial charge in [0, 0.05) is 17.4 Å². The fourth-order valence-corrected chi connectivity index (χ4v) is 10.9. The van der Waals surface area contributed by atoms with Crippen LogP contribution < -0.4 is 4.74 Å². The number of hydrogen-bond donors (Lipinski definition) is 0. The van der Waals surface area contributed by atoms with Crippen molar-refractivity contribution in [2.45, 2.75) is 94.5 Å². The average molecular weight is 622 g/mol. The molecule has 11 rings (SSSR count).